The predicted molar refractivity (Wildman–Crippen MR) is 134 cm³/mol. The van der Waals surface area contributed by atoms with Crippen LogP contribution in [-0.4, -0.2) is 38.1 Å². The van der Waals surface area contributed by atoms with E-state index in [4.69, 9.17) is 11.6 Å². The van der Waals surface area contributed by atoms with Gasteiger partial charge in [-0.3, -0.25) is 5.04 Å². The first-order valence-corrected chi connectivity index (χ1v) is 12.9. The van der Waals surface area contributed by atoms with E-state index in [0.29, 0.717) is 28.3 Å². The van der Waals surface area contributed by atoms with Crippen LogP contribution in [0.3, 0.4) is 0 Å². The van der Waals surface area contributed by atoms with Crippen molar-refractivity contribution in [3.8, 4) is 11.5 Å². The van der Waals surface area contributed by atoms with Gasteiger partial charge in [-0.15, -0.1) is 10.2 Å². The SMILES string of the molecule is O=S(=O)([O-])c1ccc(Nc2nc(Cl)nc(Nc3ccc(N=Nc4cc(SOO[O-])ccc4O)c(O)c3)n2)cc1.[Cu].[K+].[K+]. The molecule has 0 saturated carbocycles. The molecule has 0 unspecified atom stereocenters. The van der Waals surface area contributed by atoms with Gasteiger partial charge in [-0.25, -0.2) is 8.42 Å². The zero-order chi connectivity index (χ0) is 28.0. The molecule has 0 amide bonds. The first kappa shape index (κ1) is 39.7. The summed E-state index contributed by atoms with van der Waals surface area (Å²) in [6, 6.07) is 13.4. The van der Waals surface area contributed by atoms with Crippen LogP contribution in [0, 0.1) is 0 Å². The molecule has 42 heavy (non-hydrogen) atoms. The van der Waals surface area contributed by atoms with Gasteiger partial charge in [0.1, 0.15) is 33.0 Å². The van der Waals surface area contributed by atoms with E-state index in [-0.39, 0.29) is 160 Å². The molecule has 0 aliphatic heterocycles. The van der Waals surface area contributed by atoms with Crippen molar-refractivity contribution in [3.05, 3.63) is 65.9 Å². The molecule has 21 heteroatoms. The summed E-state index contributed by atoms with van der Waals surface area (Å²) in [7, 11) is -4.59. The number of anilines is 4. The second-order valence-electron chi connectivity index (χ2n) is 7.25. The molecule has 3 aromatic carbocycles. The Morgan fingerprint density at radius 2 is 1.43 bits per heavy atom. The average Bonchev–Trinajstić information content (AvgIpc) is 2.88. The third-order valence-corrected chi connectivity index (χ3v) is 6.20. The van der Waals surface area contributed by atoms with Crippen LogP contribution >= 0.6 is 23.6 Å². The quantitative estimate of drug-likeness (QED) is 0.0345. The fourth-order valence-electron chi connectivity index (χ4n) is 2.91. The number of rotatable bonds is 10. The summed E-state index contributed by atoms with van der Waals surface area (Å²) in [5, 5.41) is 46.9. The standard InChI is InChI=1S/C21H16ClN7O8S2.Cu.2K/c22-19-25-20(23-11-1-5-14(6-2-11)39(33,34)35)27-21(26-19)24-12-3-7-15(18(31)9-12)28-29-16-10-13(38-37-36-32)4-8-17(16)30;;;/h1-10,30-32H,(H,33,34,35)(H2,23,24,25,26,27);;;/q;;2*+1/p-2. The van der Waals surface area contributed by atoms with Crippen molar-refractivity contribution in [2.24, 2.45) is 10.2 Å². The number of benzene rings is 3. The molecule has 4 N–H and O–H groups in total. The minimum Gasteiger partial charge on any atom is -0.744 e. The van der Waals surface area contributed by atoms with Crippen molar-refractivity contribution in [3.63, 3.8) is 0 Å². The van der Waals surface area contributed by atoms with Crippen LogP contribution in [-0.2, 0) is 36.6 Å². The van der Waals surface area contributed by atoms with Crippen molar-refractivity contribution in [1.82, 2.24) is 15.0 Å². The molecule has 0 bridgehead atoms. The first-order valence-electron chi connectivity index (χ1n) is 10.3. The van der Waals surface area contributed by atoms with Crippen LogP contribution in [0.1, 0.15) is 0 Å². The number of phenols is 2. The van der Waals surface area contributed by atoms with Gasteiger partial charge in [-0.2, -0.15) is 19.3 Å². The topological polar surface area (TPSA) is 227 Å². The molecule has 15 nitrogen and oxygen atoms in total. The third kappa shape index (κ3) is 11.9. The number of phenolic OH excluding ortho intramolecular Hbond substituents is 2. The molecule has 0 fully saturated rings. The van der Waals surface area contributed by atoms with Crippen LogP contribution in [0.5, 0.6) is 11.5 Å². The van der Waals surface area contributed by atoms with Crippen LogP contribution < -0.4 is 119 Å². The zero-order valence-corrected chi connectivity index (χ0v) is 30.9. The van der Waals surface area contributed by atoms with Crippen LogP contribution in [0.25, 0.3) is 0 Å². The third-order valence-electron chi connectivity index (χ3n) is 4.61. The van der Waals surface area contributed by atoms with Crippen molar-refractivity contribution in [2.45, 2.75) is 9.79 Å². The molecule has 1 aromatic heterocycles. The molecule has 1 radical (unpaired) electrons. The number of aromatic hydroxyl groups is 2. The number of nitrogens with zero attached hydrogens (tertiary/aromatic N) is 5. The summed E-state index contributed by atoms with van der Waals surface area (Å²) < 4.78 is 37.5. The summed E-state index contributed by atoms with van der Waals surface area (Å²) in [5.74, 6) is -0.457. The number of aromatic nitrogens is 3. The molecule has 213 valence electrons. The van der Waals surface area contributed by atoms with Gasteiger partial charge < -0.3 is 30.7 Å². The van der Waals surface area contributed by atoms with E-state index in [2.05, 4.69) is 45.2 Å². The number of hydrogen-bond donors (Lipinski definition) is 4. The molecule has 4 rings (SSSR count). The van der Waals surface area contributed by atoms with Gasteiger partial charge in [0.15, 0.2) is 0 Å². The normalized spacial score (nSPS) is 10.7. The van der Waals surface area contributed by atoms with Gasteiger partial charge in [-0.1, -0.05) is 0 Å². The second kappa shape index (κ2) is 18.6. The van der Waals surface area contributed by atoms with E-state index in [0.717, 1.165) is 12.1 Å². The Labute approximate surface area is 343 Å². The average molecular weight is 734 g/mol. The fraction of sp³-hybridized carbons (Fsp3) is 0. The maximum Gasteiger partial charge on any atom is 1.00 e. The Balaban J connectivity index is 0.00000294. The summed E-state index contributed by atoms with van der Waals surface area (Å²) in [6.45, 7) is 0. The Kier molecular flexibility index (Phi) is 17.6. The van der Waals surface area contributed by atoms with Crippen LogP contribution in [0.4, 0.5) is 34.6 Å². The largest absolute Gasteiger partial charge is 1.00 e. The molecule has 0 aliphatic rings. The van der Waals surface area contributed by atoms with E-state index < -0.39 is 15.0 Å². The summed E-state index contributed by atoms with van der Waals surface area (Å²) >= 11 is 6.59. The van der Waals surface area contributed by atoms with Crippen molar-refractivity contribution >= 4 is 68.4 Å². The van der Waals surface area contributed by atoms with Crippen molar-refractivity contribution in [1.29, 1.82) is 0 Å². The van der Waals surface area contributed by atoms with Gasteiger partial charge >= 0.3 is 103 Å². The van der Waals surface area contributed by atoms with Gasteiger partial charge in [0.05, 0.1) is 16.9 Å². The van der Waals surface area contributed by atoms with Gasteiger partial charge in [0.25, 0.3) is 0 Å². The monoisotopic (exact) mass is 732 g/mol. The molecule has 0 atom stereocenters. The van der Waals surface area contributed by atoms with Crippen LogP contribution in [0.2, 0.25) is 5.28 Å². The summed E-state index contributed by atoms with van der Waals surface area (Å²) in [5.41, 5.74) is 0.835. The van der Waals surface area contributed by atoms with E-state index in [9.17, 15) is 28.4 Å². The molecule has 0 spiro atoms. The fourth-order valence-corrected chi connectivity index (χ4v) is 3.93. The minimum absolute atomic E-state index is 0. The van der Waals surface area contributed by atoms with E-state index >= 15 is 0 Å². The van der Waals surface area contributed by atoms with Crippen molar-refractivity contribution < 1.29 is 158 Å². The Morgan fingerprint density at radius 1 is 0.833 bits per heavy atom. The molecule has 1 heterocycles. The second-order valence-corrected chi connectivity index (χ2v) is 9.75. The summed E-state index contributed by atoms with van der Waals surface area (Å²) in [6.07, 6.45) is 0. The van der Waals surface area contributed by atoms with E-state index in [1.807, 2.05) is 0 Å². The van der Waals surface area contributed by atoms with Crippen molar-refractivity contribution in [2.75, 3.05) is 10.6 Å². The Hall–Kier alpha value is -0.308. The molecule has 0 saturated heterocycles. The van der Waals surface area contributed by atoms with Crippen LogP contribution in [0.15, 0.2) is 80.7 Å². The first-order chi connectivity index (χ1) is 18.6. The maximum atomic E-state index is 11.1. The molecular weight excluding hydrogens is 720 g/mol. The maximum absolute atomic E-state index is 11.1. The van der Waals surface area contributed by atoms with Gasteiger partial charge in [0.2, 0.25) is 17.2 Å². The molecular formula is C21H14ClCuK2N7O8S2. The zero-order valence-electron chi connectivity index (χ0n) is 21.3. The molecule has 4 aromatic rings. The summed E-state index contributed by atoms with van der Waals surface area (Å²) in [4.78, 5) is 12.1. The molecule has 0 aliphatic carbocycles. The smallest absolute Gasteiger partial charge is 0.744 e. The Morgan fingerprint density at radius 3 is 2.02 bits per heavy atom. The minimum atomic E-state index is -4.59. The van der Waals surface area contributed by atoms with Gasteiger partial charge in [0, 0.05) is 39.4 Å². The predicted octanol–water partition coefficient (Wildman–Crippen LogP) is -2.02. The van der Waals surface area contributed by atoms with E-state index in [1.54, 1.807) is 0 Å². The Bertz CT molecular complexity index is 1640. The number of halogens is 1. The number of nitrogens with one attached hydrogen (secondary N) is 2. The number of hydrogen-bond acceptors (Lipinski definition) is 16. The van der Waals surface area contributed by atoms with E-state index in [1.165, 1.54) is 48.5 Å². The number of azo groups is 1. The van der Waals surface area contributed by atoms with Gasteiger partial charge in [-0.05, 0) is 66.2 Å².